The van der Waals surface area contributed by atoms with Crippen LogP contribution in [0.15, 0.2) is 18.2 Å². The Hall–Kier alpha value is -1.70. The van der Waals surface area contributed by atoms with Crippen molar-refractivity contribution in [3.8, 4) is 0 Å². The van der Waals surface area contributed by atoms with Gasteiger partial charge < -0.3 is 4.90 Å². The quantitative estimate of drug-likeness (QED) is 0.678. The molecule has 1 aromatic rings. The third-order valence-electron chi connectivity index (χ3n) is 5.15. The first kappa shape index (κ1) is 22.6. The van der Waals surface area contributed by atoms with E-state index < -0.39 is 41.0 Å². The van der Waals surface area contributed by atoms with Crippen LogP contribution in [-0.4, -0.2) is 23.0 Å². The van der Waals surface area contributed by atoms with Crippen LogP contribution in [0.4, 0.5) is 22.0 Å². The third-order valence-corrected chi connectivity index (χ3v) is 5.15. The summed E-state index contributed by atoms with van der Waals surface area (Å²) in [6, 6.07) is 1.93. The van der Waals surface area contributed by atoms with Gasteiger partial charge >= 0.3 is 6.18 Å². The van der Waals surface area contributed by atoms with Gasteiger partial charge in [-0.1, -0.05) is 13.8 Å². The summed E-state index contributed by atoms with van der Waals surface area (Å²) < 4.78 is 67.7. The molecule has 1 aliphatic heterocycles. The van der Waals surface area contributed by atoms with Crippen molar-refractivity contribution in [3.63, 3.8) is 0 Å². The SMILES string of the molecule is CC(C)CC1NC(C)N(C(C)(C)c2cc(C(C)(F)F)cc(C(F)(F)F)c2)C1=O. The van der Waals surface area contributed by atoms with Crippen LogP contribution in [0.5, 0.6) is 0 Å². The second kappa shape index (κ2) is 7.28. The first-order chi connectivity index (χ1) is 12.5. The summed E-state index contributed by atoms with van der Waals surface area (Å²) in [7, 11) is 0. The molecule has 158 valence electrons. The van der Waals surface area contributed by atoms with Crippen molar-refractivity contribution >= 4 is 5.91 Å². The molecule has 0 radical (unpaired) electrons. The van der Waals surface area contributed by atoms with Gasteiger partial charge in [-0.3, -0.25) is 10.1 Å². The fourth-order valence-corrected chi connectivity index (χ4v) is 3.73. The highest BCUT2D eigenvalue weighted by molar-refractivity contribution is 5.85. The molecule has 1 fully saturated rings. The van der Waals surface area contributed by atoms with Crippen LogP contribution in [0.3, 0.4) is 0 Å². The number of alkyl halides is 5. The van der Waals surface area contributed by atoms with Gasteiger partial charge in [-0.2, -0.15) is 13.2 Å². The van der Waals surface area contributed by atoms with Gasteiger partial charge in [0.15, 0.2) is 0 Å². The van der Waals surface area contributed by atoms with E-state index in [9.17, 15) is 26.7 Å². The van der Waals surface area contributed by atoms with E-state index in [1.807, 2.05) is 13.8 Å². The first-order valence-electron chi connectivity index (χ1n) is 9.25. The molecule has 1 aromatic carbocycles. The number of hydrogen-bond acceptors (Lipinski definition) is 2. The van der Waals surface area contributed by atoms with Crippen LogP contribution in [0.2, 0.25) is 0 Å². The summed E-state index contributed by atoms with van der Waals surface area (Å²) in [6.45, 7) is 9.39. The van der Waals surface area contributed by atoms with Gasteiger partial charge in [-0.05, 0) is 56.9 Å². The molecule has 1 heterocycles. The predicted octanol–water partition coefficient (Wildman–Crippen LogP) is 5.24. The molecule has 0 aromatic heterocycles. The molecule has 0 saturated carbocycles. The van der Waals surface area contributed by atoms with Crippen molar-refractivity contribution in [1.29, 1.82) is 0 Å². The van der Waals surface area contributed by atoms with E-state index in [0.29, 0.717) is 19.4 Å². The molecule has 1 amide bonds. The van der Waals surface area contributed by atoms with E-state index in [2.05, 4.69) is 5.32 Å². The minimum Gasteiger partial charge on any atom is -0.317 e. The van der Waals surface area contributed by atoms with Crippen molar-refractivity contribution < 1.29 is 26.7 Å². The van der Waals surface area contributed by atoms with Crippen molar-refractivity contribution in [2.75, 3.05) is 0 Å². The monoisotopic (exact) mass is 406 g/mol. The number of nitrogens with zero attached hydrogens (tertiary/aromatic N) is 1. The molecule has 2 unspecified atom stereocenters. The summed E-state index contributed by atoms with van der Waals surface area (Å²) >= 11 is 0. The molecule has 0 spiro atoms. The maximum absolute atomic E-state index is 13.9. The van der Waals surface area contributed by atoms with E-state index >= 15 is 0 Å². The molecular formula is C20H27F5N2O. The first-order valence-corrected chi connectivity index (χ1v) is 9.25. The van der Waals surface area contributed by atoms with E-state index in [1.54, 1.807) is 20.8 Å². The van der Waals surface area contributed by atoms with Crippen LogP contribution >= 0.6 is 0 Å². The van der Waals surface area contributed by atoms with Crippen molar-refractivity contribution in [1.82, 2.24) is 10.2 Å². The predicted molar refractivity (Wildman–Crippen MR) is 96.7 cm³/mol. The Morgan fingerprint density at radius 1 is 1.00 bits per heavy atom. The van der Waals surface area contributed by atoms with Crippen LogP contribution < -0.4 is 5.32 Å². The Balaban J connectivity index is 2.54. The van der Waals surface area contributed by atoms with Crippen molar-refractivity contribution in [3.05, 3.63) is 34.9 Å². The smallest absolute Gasteiger partial charge is 0.317 e. The van der Waals surface area contributed by atoms with Gasteiger partial charge in [0.05, 0.1) is 23.3 Å². The normalized spacial score (nSPS) is 21.7. The van der Waals surface area contributed by atoms with Gasteiger partial charge in [0, 0.05) is 12.5 Å². The average Bonchev–Trinajstić information content (AvgIpc) is 2.78. The molecule has 0 bridgehead atoms. The van der Waals surface area contributed by atoms with Crippen LogP contribution in [-0.2, 0) is 22.4 Å². The second-order valence-electron chi connectivity index (χ2n) is 8.48. The fraction of sp³-hybridized carbons (Fsp3) is 0.650. The summed E-state index contributed by atoms with van der Waals surface area (Å²) in [6.07, 6.45) is -4.63. The maximum Gasteiger partial charge on any atom is 0.416 e. The number of rotatable bonds is 5. The summed E-state index contributed by atoms with van der Waals surface area (Å²) in [4.78, 5) is 14.4. The van der Waals surface area contributed by atoms with Gasteiger partial charge in [0.2, 0.25) is 5.91 Å². The Kier molecular flexibility index (Phi) is 5.87. The molecule has 0 aliphatic carbocycles. The number of carbonyl (C=O) groups excluding carboxylic acids is 1. The maximum atomic E-state index is 13.9. The van der Waals surface area contributed by atoms with Crippen LogP contribution in [0.25, 0.3) is 0 Å². The molecule has 2 rings (SSSR count). The van der Waals surface area contributed by atoms with E-state index in [4.69, 9.17) is 0 Å². The summed E-state index contributed by atoms with van der Waals surface area (Å²) in [5.74, 6) is -3.44. The molecule has 28 heavy (non-hydrogen) atoms. The Labute approximate surface area is 162 Å². The molecule has 2 atom stereocenters. The highest BCUT2D eigenvalue weighted by Gasteiger charge is 2.46. The molecule has 1 aliphatic rings. The lowest BCUT2D eigenvalue weighted by Gasteiger charge is -2.39. The Morgan fingerprint density at radius 2 is 1.50 bits per heavy atom. The zero-order valence-electron chi connectivity index (χ0n) is 16.9. The zero-order chi connectivity index (χ0) is 21.7. The molecule has 1 N–H and O–H groups in total. The highest BCUT2D eigenvalue weighted by atomic mass is 19.4. The van der Waals surface area contributed by atoms with Gasteiger partial charge in [0.25, 0.3) is 5.92 Å². The van der Waals surface area contributed by atoms with Crippen LogP contribution in [0.1, 0.15) is 64.7 Å². The van der Waals surface area contributed by atoms with E-state index in [-0.39, 0.29) is 17.4 Å². The topological polar surface area (TPSA) is 32.3 Å². The molecular weight excluding hydrogens is 379 g/mol. The van der Waals surface area contributed by atoms with Crippen molar-refractivity contribution in [2.24, 2.45) is 5.92 Å². The lowest BCUT2D eigenvalue weighted by Crippen LogP contribution is -2.48. The summed E-state index contributed by atoms with van der Waals surface area (Å²) in [5, 5.41) is 3.16. The van der Waals surface area contributed by atoms with E-state index in [1.165, 1.54) is 4.90 Å². The molecule has 3 nitrogen and oxygen atoms in total. The van der Waals surface area contributed by atoms with E-state index in [0.717, 1.165) is 12.1 Å². The van der Waals surface area contributed by atoms with Gasteiger partial charge in [-0.15, -0.1) is 0 Å². The highest BCUT2D eigenvalue weighted by Crippen LogP contribution is 2.40. The Morgan fingerprint density at radius 3 is 1.96 bits per heavy atom. The number of hydrogen-bond donors (Lipinski definition) is 1. The van der Waals surface area contributed by atoms with Crippen LogP contribution in [0, 0.1) is 5.92 Å². The van der Waals surface area contributed by atoms with Gasteiger partial charge in [0.1, 0.15) is 0 Å². The Bertz CT molecular complexity index is 705. The fourth-order valence-electron chi connectivity index (χ4n) is 3.73. The number of amides is 1. The standard InChI is InChI=1S/C20H27F5N2O/c1-11(2)7-16-17(28)27(12(3)26-16)18(4,5)13-8-14(19(6,21)22)10-15(9-13)20(23,24)25/h8-12,16,26H,7H2,1-6H3. The second-order valence-corrected chi connectivity index (χ2v) is 8.48. The third kappa shape index (κ3) is 4.47. The minimum atomic E-state index is -4.77. The largest absolute Gasteiger partial charge is 0.416 e. The zero-order valence-corrected chi connectivity index (χ0v) is 16.9. The van der Waals surface area contributed by atoms with Crippen molar-refractivity contribution in [2.45, 2.75) is 77.8 Å². The summed E-state index contributed by atoms with van der Waals surface area (Å²) in [5.41, 5.74) is -3.07. The van der Waals surface area contributed by atoms with Gasteiger partial charge in [-0.25, -0.2) is 8.78 Å². The lowest BCUT2D eigenvalue weighted by molar-refractivity contribution is -0.138. The number of halogens is 5. The number of carbonyl (C=O) groups is 1. The molecule has 1 saturated heterocycles. The lowest BCUT2D eigenvalue weighted by atomic mass is 9.87. The number of nitrogens with one attached hydrogen (secondary N) is 1. The number of benzene rings is 1. The molecule has 8 heteroatoms. The minimum absolute atomic E-state index is 0.0195. The average molecular weight is 406 g/mol.